The van der Waals surface area contributed by atoms with Crippen molar-refractivity contribution in [3.05, 3.63) is 10.7 Å². The molecule has 1 rings (SSSR count). The van der Waals surface area contributed by atoms with Crippen molar-refractivity contribution in [1.29, 1.82) is 0 Å². The van der Waals surface area contributed by atoms with Gasteiger partial charge < -0.3 is 9.26 Å². The maximum atomic E-state index is 5.10. The lowest BCUT2D eigenvalue weighted by molar-refractivity contribution is 0.0903. The first kappa shape index (κ1) is 8.42. The van der Waals surface area contributed by atoms with Gasteiger partial charge in [-0.05, 0) is 18.6 Å². The second-order valence-corrected chi connectivity index (χ2v) is 2.45. The lowest BCUT2D eigenvalue weighted by Crippen LogP contribution is -2.01. The normalized spacial score (nSPS) is 13.3. The monoisotopic (exact) mass is 174 g/mol. The van der Waals surface area contributed by atoms with Crippen LogP contribution in [0.5, 0.6) is 0 Å². The van der Waals surface area contributed by atoms with Crippen molar-refractivity contribution in [3.8, 4) is 0 Å². The molecule has 0 aliphatic rings. The maximum absolute atomic E-state index is 5.10. The molecule has 11 heavy (non-hydrogen) atoms. The molecule has 0 spiro atoms. The Morgan fingerprint density at radius 1 is 1.82 bits per heavy atom. The van der Waals surface area contributed by atoms with Gasteiger partial charge >= 0.3 is 4.84 Å². The van der Waals surface area contributed by atoms with E-state index in [1.807, 2.05) is 6.92 Å². The Kier molecular flexibility index (Phi) is 2.78. The van der Waals surface area contributed by atoms with Gasteiger partial charge in [0.1, 0.15) is 6.10 Å². The van der Waals surface area contributed by atoms with Crippen LogP contribution in [0.25, 0.3) is 0 Å². The highest BCUT2D eigenvalue weighted by atomic mass is 32.1. The molecule has 5 heteroatoms. The lowest BCUT2D eigenvalue weighted by atomic mass is 10.3. The van der Waals surface area contributed by atoms with Crippen molar-refractivity contribution in [3.63, 3.8) is 0 Å². The Labute approximate surface area is 69.5 Å². The van der Waals surface area contributed by atoms with E-state index in [0.717, 1.165) is 6.42 Å². The number of aromatic nitrogens is 2. The molecule has 0 amide bonds. The summed E-state index contributed by atoms with van der Waals surface area (Å²) in [5.41, 5.74) is 0. The molecule has 0 fully saturated rings. The Bertz CT molecular complexity index is 264. The second kappa shape index (κ2) is 3.64. The average molecular weight is 174 g/mol. The van der Waals surface area contributed by atoms with Gasteiger partial charge in [0, 0.05) is 7.11 Å². The van der Waals surface area contributed by atoms with Gasteiger partial charge in [0.2, 0.25) is 0 Å². The maximum Gasteiger partial charge on any atom is 0.314 e. The first-order valence-electron chi connectivity index (χ1n) is 3.36. The molecular formula is C6H10N2O2S. The number of aromatic amines is 1. The third kappa shape index (κ3) is 1.87. The number of rotatable bonds is 3. The van der Waals surface area contributed by atoms with Crippen molar-refractivity contribution >= 4 is 12.2 Å². The average Bonchev–Trinajstić information content (AvgIpc) is 2.39. The van der Waals surface area contributed by atoms with Gasteiger partial charge in [0.25, 0.3) is 0 Å². The van der Waals surface area contributed by atoms with Crippen LogP contribution in [0.2, 0.25) is 0 Å². The SMILES string of the molecule is CCC(OC)c1nc(=S)o[nH]1. The zero-order valence-corrected chi connectivity index (χ0v) is 7.27. The third-order valence-corrected chi connectivity index (χ3v) is 1.59. The van der Waals surface area contributed by atoms with E-state index in [1.54, 1.807) is 7.11 Å². The quantitative estimate of drug-likeness (QED) is 0.710. The molecule has 0 aliphatic carbocycles. The molecule has 62 valence electrons. The zero-order valence-electron chi connectivity index (χ0n) is 6.46. The summed E-state index contributed by atoms with van der Waals surface area (Å²) in [5, 5.41) is 2.59. The van der Waals surface area contributed by atoms with Crippen LogP contribution in [0.15, 0.2) is 4.52 Å². The van der Waals surface area contributed by atoms with E-state index in [1.165, 1.54) is 0 Å². The molecule has 1 atom stereocenters. The van der Waals surface area contributed by atoms with Crippen LogP contribution in [0, 0.1) is 4.84 Å². The van der Waals surface area contributed by atoms with Crippen molar-refractivity contribution in [2.24, 2.45) is 0 Å². The van der Waals surface area contributed by atoms with Gasteiger partial charge in [-0.15, -0.1) is 0 Å². The Balaban J connectivity index is 2.81. The molecule has 0 aliphatic heterocycles. The first-order chi connectivity index (χ1) is 5.27. The molecule has 0 bridgehead atoms. The van der Waals surface area contributed by atoms with Crippen molar-refractivity contribution in [2.45, 2.75) is 19.4 Å². The molecule has 1 aromatic heterocycles. The highest BCUT2D eigenvalue weighted by Gasteiger charge is 2.11. The van der Waals surface area contributed by atoms with Crippen molar-refractivity contribution < 1.29 is 9.26 Å². The van der Waals surface area contributed by atoms with E-state index in [-0.39, 0.29) is 10.9 Å². The molecule has 1 unspecified atom stereocenters. The van der Waals surface area contributed by atoms with Gasteiger partial charge in [0.05, 0.1) is 0 Å². The fourth-order valence-electron chi connectivity index (χ4n) is 0.849. The van der Waals surface area contributed by atoms with E-state index in [4.69, 9.17) is 9.26 Å². The van der Waals surface area contributed by atoms with Gasteiger partial charge in [-0.25, -0.2) is 5.16 Å². The number of hydrogen-bond acceptors (Lipinski definition) is 4. The summed E-state index contributed by atoms with van der Waals surface area (Å²) in [4.78, 5) is 4.14. The van der Waals surface area contributed by atoms with Crippen LogP contribution in [-0.2, 0) is 4.74 Å². The third-order valence-electron chi connectivity index (χ3n) is 1.41. The van der Waals surface area contributed by atoms with Gasteiger partial charge in [-0.2, -0.15) is 4.98 Å². The van der Waals surface area contributed by atoms with Crippen molar-refractivity contribution in [2.75, 3.05) is 7.11 Å². The van der Waals surface area contributed by atoms with Crippen LogP contribution in [0.4, 0.5) is 0 Å². The minimum atomic E-state index is -0.0459. The second-order valence-electron chi connectivity index (χ2n) is 2.10. The number of nitrogens with zero attached hydrogens (tertiary/aromatic N) is 1. The topological polar surface area (TPSA) is 51.1 Å². The van der Waals surface area contributed by atoms with E-state index >= 15 is 0 Å². The zero-order chi connectivity index (χ0) is 8.27. The first-order valence-corrected chi connectivity index (χ1v) is 3.77. The smallest absolute Gasteiger partial charge is 0.314 e. The predicted molar refractivity (Wildman–Crippen MR) is 41.7 cm³/mol. The Hall–Kier alpha value is -0.680. The van der Waals surface area contributed by atoms with E-state index < -0.39 is 0 Å². The van der Waals surface area contributed by atoms with Crippen LogP contribution < -0.4 is 0 Å². The Morgan fingerprint density at radius 2 is 2.55 bits per heavy atom. The standard InChI is InChI=1S/C6H10N2O2S/c1-3-4(9-2)5-7-6(11)10-8-5/h4H,3H2,1-2H3,(H,7,8,11). The minimum Gasteiger partial charge on any atom is -0.373 e. The number of H-pyrrole nitrogens is 1. The molecule has 0 saturated heterocycles. The molecular weight excluding hydrogens is 164 g/mol. The molecule has 0 saturated carbocycles. The summed E-state index contributed by atoms with van der Waals surface area (Å²) in [7, 11) is 1.62. The summed E-state index contributed by atoms with van der Waals surface area (Å²) in [6.07, 6.45) is 0.796. The summed E-state index contributed by atoms with van der Waals surface area (Å²) >= 11 is 4.68. The van der Waals surface area contributed by atoms with Crippen LogP contribution >= 0.6 is 12.2 Å². The van der Waals surface area contributed by atoms with Crippen LogP contribution in [0.1, 0.15) is 25.3 Å². The molecule has 1 heterocycles. The fraction of sp³-hybridized carbons (Fsp3) is 0.667. The largest absolute Gasteiger partial charge is 0.373 e. The highest BCUT2D eigenvalue weighted by Crippen LogP contribution is 2.14. The molecule has 0 aromatic carbocycles. The van der Waals surface area contributed by atoms with Gasteiger partial charge in [-0.3, -0.25) is 0 Å². The molecule has 1 aromatic rings. The van der Waals surface area contributed by atoms with Crippen LogP contribution in [-0.4, -0.2) is 17.3 Å². The number of ether oxygens (including phenoxy) is 1. The van der Waals surface area contributed by atoms with E-state index in [2.05, 4.69) is 22.4 Å². The summed E-state index contributed by atoms with van der Waals surface area (Å²) in [5.74, 6) is 0.653. The van der Waals surface area contributed by atoms with Crippen LogP contribution in [0.3, 0.4) is 0 Å². The Morgan fingerprint density at radius 3 is 2.91 bits per heavy atom. The number of nitrogens with one attached hydrogen (secondary N) is 1. The summed E-state index contributed by atoms with van der Waals surface area (Å²) < 4.78 is 9.85. The molecule has 0 radical (unpaired) electrons. The minimum absolute atomic E-state index is 0.0459. The molecule has 1 N–H and O–H groups in total. The summed E-state index contributed by atoms with van der Waals surface area (Å²) in [6.45, 7) is 2.00. The number of hydrogen-bond donors (Lipinski definition) is 1. The van der Waals surface area contributed by atoms with Crippen molar-refractivity contribution in [1.82, 2.24) is 10.1 Å². The van der Waals surface area contributed by atoms with E-state index in [0.29, 0.717) is 5.82 Å². The summed E-state index contributed by atoms with van der Waals surface area (Å²) in [6, 6.07) is 0. The predicted octanol–water partition coefficient (Wildman–Crippen LogP) is 1.83. The highest BCUT2D eigenvalue weighted by molar-refractivity contribution is 7.71. The lowest BCUT2D eigenvalue weighted by Gasteiger charge is -2.06. The molecule has 4 nitrogen and oxygen atoms in total. The fourth-order valence-corrected chi connectivity index (χ4v) is 0.989. The number of methoxy groups -OCH3 is 1. The van der Waals surface area contributed by atoms with Gasteiger partial charge in [-0.1, -0.05) is 6.92 Å². The van der Waals surface area contributed by atoms with Gasteiger partial charge in [0.15, 0.2) is 5.82 Å². The van der Waals surface area contributed by atoms with E-state index in [9.17, 15) is 0 Å².